The summed E-state index contributed by atoms with van der Waals surface area (Å²) in [6.45, 7) is 2.93. The lowest BCUT2D eigenvalue weighted by Crippen LogP contribution is -2.52. The third-order valence-corrected chi connectivity index (χ3v) is 3.62. The van der Waals surface area contributed by atoms with Crippen molar-refractivity contribution in [1.29, 1.82) is 0 Å². The predicted molar refractivity (Wildman–Crippen MR) is 67.7 cm³/mol. The molecule has 1 amide bonds. The Kier molecular flexibility index (Phi) is 2.93. The smallest absolute Gasteiger partial charge is 0.242 e. The van der Waals surface area contributed by atoms with Crippen molar-refractivity contribution in [1.82, 2.24) is 10.6 Å². The number of nitrogens with one attached hydrogen (secondary N) is 2. The van der Waals surface area contributed by atoms with E-state index < -0.39 is 0 Å². The molecule has 18 heavy (non-hydrogen) atoms. The maximum absolute atomic E-state index is 12.1. The third-order valence-electron chi connectivity index (χ3n) is 3.62. The molecule has 3 rings (SSSR count). The van der Waals surface area contributed by atoms with Crippen molar-refractivity contribution in [3.05, 3.63) is 23.8 Å². The summed E-state index contributed by atoms with van der Waals surface area (Å²) >= 11 is 0. The van der Waals surface area contributed by atoms with Crippen molar-refractivity contribution >= 4 is 17.3 Å². The molecule has 1 fully saturated rings. The summed E-state index contributed by atoms with van der Waals surface area (Å²) in [7, 11) is 0. The average molecular weight is 246 g/mol. The van der Waals surface area contributed by atoms with E-state index >= 15 is 0 Å². The van der Waals surface area contributed by atoms with E-state index in [1.54, 1.807) is 12.1 Å². The van der Waals surface area contributed by atoms with Gasteiger partial charge in [0.15, 0.2) is 0 Å². The molecule has 5 heteroatoms. The SMILES string of the molecule is [NH]c1cccc2c1CC(N1CCOCC1)C(=O)N2. The van der Waals surface area contributed by atoms with Crippen LogP contribution < -0.4 is 11.1 Å². The highest BCUT2D eigenvalue weighted by atomic mass is 16.5. The Hall–Kier alpha value is -1.59. The van der Waals surface area contributed by atoms with Gasteiger partial charge < -0.3 is 15.8 Å². The van der Waals surface area contributed by atoms with Gasteiger partial charge in [-0.1, -0.05) is 6.07 Å². The van der Waals surface area contributed by atoms with Crippen LogP contribution in [-0.2, 0) is 16.0 Å². The number of nitrogens with zero attached hydrogens (tertiary/aromatic N) is 1. The second kappa shape index (κ2) is 4.59. The first-order chi connectivity index (χ1) is 8.75. The van der Waals surface area contributed by atoms with Crippen molar-refractivity contribution in [2.24, 2.45) is 0 Å². The average Bonchev–Trinajstić information content (AvgIpc) is 2.39. The first kappa shape index (κ1) is 11.5. The van der Waals surface area contributed by atoms with Gasteiger partial charge in [-0.25, -0.2) is 0 Å². The normalized spacial score (nSPS) is 24.4. The number of ether oxygens (including phenoxy) is 1. The van der Waals surface area contributed by atoms with Gasteiger partial charge in [0.05, 0.1) is 24.9 Å². The number of rotatable bonds is 1. The summed E-state index contributed by atoms with van der Waals surface area (Å²) in [6, 6.07) is 5.28. The van der Waals surface area contributed by atoms with E-state index in [1.165, 1.54) is 0 Å². The summed E-state index contributed by atoms with van der Waals surface area (Å²) < 4.78 is 5.31. The minimum atomic E-state index is -0.159. The van der Waals surface area contributed by atoms with E-state index in [1.807, 2.05) is 6.07 Å². The number of anilines is 1. The monoisotopic (exact) mass is 246 g/mol. The topological polar surface area (TPSA) is 65.4 Å². The third kappa shape index (κ3) is 1.95. The molecule has 0 saturated carbocycles. The number of carbonyl (C=O) groups excluding carboxylic acids is 1. The van der Waals surface area contributed by atoms with Crippen LogP contribution in [0.2, 0.25) is 0 Å². The first-order valence-electron chi connectivity index (χ1n) is 6.22. The van der Waals surface area contributed by atoms with Gasteiger partial charge >= 0.3 is 0 Å². The molecule has 0 bridgehead atoms. The second-order valence-electron chi connectivity index (χ2n) is 4.69. The highest BCUT2D eigenvalue weighted by molar-refractivity contribution is 5.98. The van der Waals surface area contributed by atoms with Crippen LogP contribution in [-0.4, -0.2) is 43.2 Å². The quantitative estimate of drug-likeness (QED) is 0.797. The fourth-order valence-electron chi connectivity index (χ4n) is 2.61. The Morgan fingerprint density at radius 2 is 2.11 bits per heavy atom. The summed E-state index contributed by atoms with van der Waals surface area (Å²) in [5, 5.41) is 2.91. The molecule has 2 heterocycles. The number of amides is 1. The van der Waals surface area contributed by atoms with E-state index in [2.05, 4.69) is 10.2 Å². The molecule has 1 aromatic rings. The van der Waals surface area contributed by atoms with Gasteiger partial charge in [0, 0.05) is 30.8 Å². The second-order valence-corrected chi connectivity index (χ2v) is 4.69. The first-order valence-corrected chi connectivity index (χ1v) is 6.22. The molecule has 5 nitrogen and oxygen atoms in total. The number of carbonyl (C=O) groups is 1. The summed E-state index contributed by atoms with van der Waals surface area (Å²) in [4.78, 5) is 14.3. The Labute approximate surface area is 106 Å². The van der Waals surface area contributed by atoms with Gasteiger partial charge in [0.1, 0.15) is 0 Å². The van der Waals surface area contributed by atoms with Gasteiger partial charge in [-0.3, -0.25) is 9.69 Å². The van der Waals surface area contributed by atoms with E-state index in [0.717, 1.165) is 24.3 Å². The molecule has 1 unspecified atom stereocenters. The van der Waals surface area contributed by atoms with Crippen LogP contribution in [0, 0.1) is 0 Å². The van der Waals surface area contributed by atoms with Gasteiger partial charge in [-0.2, -0.15) is 0 Å². The fourth-order valence-corrected chi connectivity index (χ4v) is 2.61. The Bertz CT molecular complexity index is 469. The van der Waals surface area contributed by atoms with Crippen LogP contribution in [0.1, 0.15) is 5.56 Å². The maximum Gasteiger partial charge on any atom is 0.242 e. The highest BCUT2D eigenvalue weighted by Gasteiger charge is 2.32. The molecule has 0 spiro atoms. The molecule has 0 aromatic heterocycles. The molecule has 2 aliphatic rings. The highest BCUT2D eigenvalue weighted by Crippen LogP contribution is 2.30. The van der Waals surface area contributed by atoms with Gasteiger partial charge in [0.2, 0.25) is 5.91 Å². The number of hydrogen-bond acceptors (Lipinski definition) is 3. The van der Waals surface area contributed by atoms with E-state index in [0.29, 0.717) is 25.3 Å². The fraction of sp³-hybridized carbons (Fsp3) is 0.462. The summed E-state index contributed by atoms with van der Waals surface area (Å²) in [5.74, 6) is 0.0370. The minimum absolute atomic E-state index is 0.0370. The van der Waals surface area contributed by atoms with Gasteiger partial charge in [-0.15, -0.1) is 0 Å². The maximum atomic E-state index is 12.1. The summed E-state index contributed by atoms with van der Waals surface area (Å²) in [5.41, 5.74) is 10.2. The van der Waals surface area contributed by atoms with Gasteiger partial charge in [0.25, 0.3) is 0 Å². The lowest BCUT2D eigenvalue weighted by atomic mass is 9.96. The summed E-state index contributed by atoms with van der Waals surface area (Å²) in [6.07, 6.45) is 0.626. The molecule has 1 radical (unpaired) electrons. The van der Waals surface area contributed by atoms with E-state index in [-0.39, 0.29) is 11.9 Å². The molecule has 1 atom stereocenters. The van der Waals surface area contributed by atoms with Crippen LogP contribution in [0.3, 0.4) is 0 Å². The molecular formula is C13H16N3O2. The number of fused-ring (bicyclic) bond motifs is 1. The predicted octanol–water partition coefficient (Wildman–Crippen LogP) is 0.796. The lowest BCUT2D eigenvalue weighted by molar-refractivity contribution is -0.123. The zero-order valence-electron chi connectivity index (χ0n) is 10.1. The van der Waals surface area contributed by atoms with Crippen LogP contribution in [0.4, 0.5) is 11.4 Å². The largest absolute Gasteiger partial charge is 0.379 e. The number of benzene rings is 1. The molecule has 95 valence electrons. The van der Waals surface area contributed by atoms with Crippen LogP contribution >= 0.6 is 0 Å². The zero-order valence-corrected chi connectivity index (χ0v) is 10.1. The molecule has 2 aliphatic heterocycles. The lowest BCUT2D eigenvalue weighted by Gasteiger charge is -2.36. The number of hydrogen-bond donors (Lipinski definition) is 1. The molecule has 2 N–H and O–H groups in total. The standard InChI is InChI=1S/C13H16N3O2/c14-10-2-1-3-11-9(10)8-12(13(17)15-11)16-4-6-18-7-5-16/h1-3,12,14H,4-8H2,(H,15,17). The van der Waals surface area contributed by atoms with Gasteiger partial charge in [-0.05, 0) is 12.1 Å². The molecule has 0 aliphatic carbocycles. The van der Waals surface area contributed by atoms with Crippen molar-refractivity contribution in [2.45, 2.75) is 12.5 Å². The molecule has 1 aromatic carbocycles. The minimum Gasteiger partial charge on any atom is -0.379 e. The number of morpholine rings is 1. The Balaban J connectivity index is 1.86. The molecule has 1 saturated heterocycles. The van der Waals surface area contributed by atoms with Crippen molar-refractivity contribution in [3.8, 4) is 0 Å². The van der Waals surface area contributed by atoms with Crippen molar-refractivity contribution in [3.63, 3.8) is 0 Å². The zero-order chi connectivity index (χ0) is 12.5. The Morgan fingerprint density at radius 1 is 1.33 bits per heavy atom. The van der Waals surface area contributed by atoms with Crippen LogP contribution in [0.15, 0.2) is 18.2 Å². The Morgan fingerprint density at radius 3 is 2.89 bits per heavy atom. The van der Waals surface area contributed by atoms with Crippen LogP contribution in [0.5, 0.6) is 0 Å². The molecular weight excluding hydrogens is 230 g/mol. The van der Waals surface area contributed by atoms with E-state index in [9.17, 15) is 4.79 Å². The van der Waals surface area contributed by atoms with Crippen LogP contribution in [0.25, 0.3) is 0 Å². The van der Waals surface area contributed by atoms with Crippen molar-refractivity contribution in [2.75, 3.05) is 31.6 Å². The van der Waals surface area contributed by atoms with E-state index in [4.69, 9.17) is 10.5 Å². The van der Waals surface area contributed by atoms with Crippen molar-refractivity contribution < 1.29 is 9.53 Å².